The second-order valence-corrected chi connectivity index (χ2v) is 2.58. The summed E-state index contributed by atoms with van der Waals surface area (Å²) in [5, 5.41) is 15.0. The van der Waals surface area contributed by atoms with Gasteiger partial charge in [0.25, 0.3) is 0 Å². The molecule has 0 saturated heterocycles. The zero-order valence-electron chi connectivity index (χ0n) is 7.19. The average Bonchev–Trinajstić information content (AvgIpc) is 2.47. The number of nitrogens with zero attached hydrogens (tertiary/aromatic N) is 3. The molecular weight excluding hydrogens is 172 g/mol. The minimum absolute atomic E-state index is 0.138. The standard InChI is InChI=1S/C7H10N4O2/c1-4-9-7(11-10-4)5(8-2)3-6(12)13/h5H,2-3H2,1H3,(H,12,13)(H,9,10,11)/t5-/m0/s1. The van der Waals surface area contributed by atoms with Crippen molar-refractivity contribution in [1.82, 2.24) is 15.2 Å². The molecule has 0 bridgehead atoms. The fraction of sp³-hybridized carbons (Fsp3) is 0.429. The predicted octanol–water partition coefficient (Wildman–Crippen LogP) is 0.330. The Morgan fingerprint density at radius 2 is 2.54 bits per heavy atom. The summed E-state index contributed by atoms with van der Waals surface area (Å²) < 4.78 is 0. The van der Waals surface area contributed by atoms with Gasteiger partial charge in [0.05, 0.1) is 6.42 Å². The average molecular weight is 182 g/mol. The first-order valence-corrected chi connectivity index (χ1v) is 3.70. The minimum Gasteiger partial charge on any atom is -0.481 e. The smallest absolute Gasteiger partial charge is 0.306 e. The van der Waals surface area contributed by atoms with E-state index in [-0.39, 0.29) is 6.42 Å². The molecule has 0 aliphatic carbocycles. The molecule has 0 aliphatic heterocycles. The molecule has 6 nitrogen and oxygen atoms in total. The van der Waals surface area contributed by atoms with E-state index < -0.39 is 12.0 Å². The van der Waals surface area contributed by atoms with E-state index in [4.69, 9.17) is 5.11 Å². The van der Waals surface area contributed by atoms with Gasteiger partial charge in [-0.15, -0.1) is 0 Å². The molecule has 0 amide bonds. The van der Waals surface area contributed by atoms with Gasteiger partial charge in [0.15, 0.2) is 5.82 Å². The maximum atomic E-state index is 10.4. The lowest BCUT2D eigenvalue weighted by molar-refractivity contribution is -0.137. The number of carbonyl (C=O) groups is 1. The van der Waals surface area contributed by atoms with Gasteiger partial charge >= 0.3 is 5.97 Å². The first-order chi connectivity index (χ1) is 6.13. The van der Waals surface area contributed by atoms with Crippen molar-refractivity contribution in [3.8, 4) is 0 Å². The molecule has 1 aromatic rings. The number of aliphatic imine (C=N–C) groups is 1. The van der Waals surface area contributed by atoms with Crippen LogP contribution in [0.5, 0.6) is 0 Å². The Morgan fingerprint density at radius 3 is 2.92 bits per heavy atom. The highest BCUT2D eigenvalue weighted by atomic mass is 16.4. The maximum Gasteiger partial charge on any atom is 0.306 e. The van der Waals surface area contributed by atoms with Crippen LogP contribution in [0.15, 0.2) is 4.99 Å². The van der Waals surface area contributed by atoms with Crippen molar-refractivity contribution in [3.63, 3.8) is 0 Å². The Kier molecular flexibility index (Phi) is 2.73. The zero-order chi connectivity index (χ0) is 9.84. The van der Waals surface area contributed by atoms with Gasteiger partial charge in [-0.05, 0) is 13.6 Å². The Balaban J connectivity index is 2.78. The molecule has 1 atom stereocenters. The number of rotatable bonds is 4. The lowest BCUT2D eigenvalue weighted by Crippen LogP contribution is -2.05. The third-order valence-corrected chi connectivity index (χ3v) is 1.50. The third-order valence-electron chi connectivity index (χ3n) is 1.50. The van der Waals surface area contributed by atoms with E-state index in [1.165, 1.54) is 0 Å². The van der Waals surface area contributed by atoms with Crippen molar-refractivity contribution in [1.29, 1.82) is 0 Å². The number of nitrogens with one attached hydrogen (secondary N) is 1. The van der Waals surface area contributed by atoms with Gasteiger partial charge in [-0.25, -0.2) is 4.98 Å². The quantitative estimate of drug-likeness (QED) is 0.656. The highest BCUT2D eigenvalue weighted by molar-refractivity contribution is 5.67. The minimum atomic E-state index is -0.945. The summed E-state index contributed by atoms with van der Waals surface area (Å²) in [6.45, 7) is 5.03. The van der Waals surface area contributed by atoms with E-state index in [1.54, 1.807) is 6.92 Å². The van der Waals surface area contributed by atoms with Crippen LogP contribution in [0.25, 0.3) is 0 Å². The van der Waals surface area contributed by atoms with E-state index in [9.17, 15) is 4.79 Å². The third kappa shape index (κ3) is 2.36. The van der Waals surface area contributed by atoms with Gasteiger partial charge in [-0.2, -0.15) is 5.10 Å². The molecule has 0 radical (unpaired) electrons. The van der Waals surface area contributed by atoms with E-state index >= 15 is 0 Å². The Labute approximate surface area is 74.7 Å². The van der Waals surface area contributed by atoms with Crippen molar-refractivity contribution in [2.45, 2.75) is 19.4 Å². The summed E-state index contributed by atoms with van der Waals surface area (Å²) in [5.41, 5.74) is 0. The summed E-state index contributed by atoms with van der Waals surface area (Å²) in [4.78, 5) is 18.0. The number of aromatic nitrogens is 3. The van der Waals surface area contributed by atoms with Crippen LogP contribution < -0.4 is 0 Å². The molecule has 70 valence electrons. The van der Waals surface area contributed by atoms with E-state index in [0.717, 1.165) is 0 Å². The largest absolute Gasteiger partial charge is 0.481 e. The SMILES string of the molecule is C=N[C@@H](CC(=O)O)c1n[nH]c(C)n1. The summed E-state index contributed by atoms with van der Waals surface area (Å²) in [7, 11) is 0. The molecule has 0 aliphatic rings. The van der Waals surface area contributed by atoms with Crippen LogP contribution in [0.4, 0.5) is 0 Å². The number of aryl methyl sites for hydroxylation is 1. The summed E-state index contributed by atoms with van der Waals surface area (Å²) >= 11 is 0. The number of hydrogen-bond acceptors (Lipinski definition) is 4. The molecule has 0 aromatic carbocycles. The second kappa shape index (κ2) is 3.79. The molecule has 1 aromatic heterocycles. The van der Waals surface area contributed by atoms with Crippen LogP contribution >= 0.6 is 0 Å². The van der Waals surface area contributed by atoms with Crippen LogP contribution in [-0.4, -0.2) is 33.0 Å². The molecule has 0 saturated carbocycles. The normalized spacial score (nSPS) is 12.4. The van der Waals surface area contributed by atoms with Crippen LogP contribution in [0.3, 0.4) is 0 Å². The molecule has 1 rings (SSSR count). The molecule has 1 heterocycles. The molecular formula is C7H10N4O2. The van der Waals surface area contributed by atoms with Gasteiger partial charge in [-0.1, -0.05) is 0 Å². The number of aliphatic carboxylic acids is 1. The second-order valence-electron chi connectivity index (χ2n) is 2.58. The fourth-order valence-corrected chi connectivity index (χ4v) is 0.912. The Hall–Kier alpha value is -1.72. The first-order valence-electron chi connectivity index (χ1n) is 3.70. The van der Waals surface area contributed by atoms with Gasteiger partial charge in [0.2, 0.25) is 0 Å². The molecule has 2 N–H and O–H groups in total. The number of carboxylic acid groups (broad SMARTS) is 1. The molecule has 13 heavy (non-hydrogen) atoms. The van der Waals surface area contributed by atoms with Gasteiger partial charge < -0.3 is 5.11 Å². The van der Waals surface area contributed by atoms with Gasteiger partial charge in [0.1, 0.15) is 11.9 Å². The number of aromatic amines is 1. The molecule has 6 heteroatoms. The first kappa shape index (κ1) is 9.37. The molecule has 0 unspecified atom stereocenters. The molecule has 0 spiro atoms. The van der Waals surface area contributed by atoms with Crippen LogP contribution in [0.2, 0.25) is 0 Å². The van der Waals surface area contributed by atoms with Crippen molar-refractivity contribution < 1.29 is 9.90 Å². The lowest BCUT2D eigenvalue weighted by atomic mass is 10.2. The number of hydrogen-bond donors (Lipinski definition) is 2. The van der Waals surface area contributed by atoms with Gasteiger partial charge in [0, 0.05) is 0 Å². The van der Waals surface area contributed by atoms with Gasteiger partial charge in [-0.3, -0.25) is 14.9 Å². The maximum absolute atomic E-state index is 10.4. The van der Waals surface area contributed by atoms with Crippen LogP contribution in [0.1, 0.15) is 24.1 Å². The highest BCUT2D eigenvalue weighted by Gasteiger charge is 2.17. The molecule has 0 fully saturated rings. The topological polar surface area (TPSA) is 91.2 Å². The van der Waals surface area contributed by atoms with Crippen molar-refractivity contribution in [2.24, 2.45) is 4.99 Å². The van der Waals surface area contributed by atoms with Crippen molar-refractivity contribution >= 4 is 12.7 Å². The highest BCUT2D eigenvalue weighted by Crippen LogP contribution is 2.15. The van der Waals surface area contributed by atoms with Crippen molar-refractivity contribution in [2.75, 3.05) is 0 Å². The Morgan fingerprint density at radius 1 is 1.85 bits per heavy atom. The zero-order valence-corrected chi connectivity index (χ0v) is 7.19. The number of H-pyrrole nitrogens is 1. The van der Waals surface area contributed by atoms with Crippen LogP contribution in [-0.2, 0) is 4.79 Å². The van der Waals surface area contributed by atoms with E-state index in [1.807, 2.05) is 0 Å². The summed E-state index contributed by atoms with van der Waals surface area (Å²) in [5.74, 6) is 0.0591. The number of carboxylic acids is 1. The van der Waals surface area contributed by atoms with E-state index in [0.29, 0.717) is 11.6 Å². The van der Waals surface area contributed by atoms with Crippen LogP contribution in [0, 0.1) is 6.92 Å². The van der Waals surface area contributed by atoms with Crippen molar-refractivity contribution in [3.05, 3.63) is 11.6 Å². The summed E-state index contributed by atoms with van der Waals surface area (Å²) in [6.07, 6.45) is -0.138. The Bertz CT molecular complexity index is 320. The lowest BCUT2D eigenvalue weighted by Gasteiger charge is -2.02. The fourth-order valence-electron chi connectivity index (χ4n) is 0.912. The monoisotopic (exact) mass is 182 g/mol. The van der Waals surface area contributed by atoms with E-state index in [2.05, 4.69) is 26.9 Å². The summed E-state index contributed by atoms with van der Waals surface area (Å²) in [6, 6.07) is -0.567. The predicted molar refractivity (Wildman–Crippen MR) is 45.7 cm³/mol.